The lowest BCUT2D eigenvalue weighted by Crippen LogP contribution is -2.25. The third-order valence-corrected chi connectivity index (χ3v) is 3.03. The van der Waals surface area contributed by atoms with E-state index in [4.69, 9.17) is 16.3 Å². The second-order valence-electron chi connectivity index (χ2n) is 4.47. The van der Waals surface area contributed by atoms with Crippen molar-refractivity contribution in [2.24, 2.45) is 5.92 Å². The summed E-state index contributed by atoms with van der Waals surface area (Å²) in [7, 11) is 1.73. The Morgan fingerprint density at radius 2 is 2.24 bits per heavy atom. The summed E-state index contributed by atoms with van der Waals surface area (Å²) in [5, 5.41) is 4.21. The van der Waals surface area contributed by atoms with Crippen molar-refractivity contribution >= 4 is 11.6 Å². The van der Waals surface area contributed by atoms with E-state index in [9.17, 15) is 0 Å². The molecule has 96 valence electrons. The number of hydrogen-bond donors (Lipinski definition) is 1. The first kappa shape index (κ1) is 14.5. The van der Waals surface area contributed by atoms with E-state index in [-0.39, 0.29) is 0 Å². The summed E-state index contributed by atoms with van der Waals surface area (Å²) < 4.78 is 4.99. The molecule has 0 bridgehead atoms. The largest absolute Gasteiger partial charge is 0.383 e. The molecule has 0 saturated carbocycles. The number of nitrogens with one attached hydrogen (secondary N) is 1. The zero-order valence-electron chi connectivity index (χ0n) is 10.7. The Morgan fingerprint density at radius 1 is 1.41 bits per heavy atom. The third kappa shape index (κ3) is 6.67. The zero-order valence-corrected chi connectivity index (χ0v) is 11.5. The van der Waals surface area contributed by atoms with Gasteiger partial charge in [0.15, 0.2) is 0 Å². The van der Waals surface area contributed by atoms with E-state index >= 15 is 0 Å². The summed E-state index contributed by atoms with van der Waals surface area (Å²) in [5.41, 5.74) is 1.32. The number of aryl methyl sites for hydroxylation is 1. The Labute approximate surface area is 109 Å². The van der Waals surface area contributed by atoms with Crippen LogP contribution >= 0.6 is 11.6 Å². The van der Waals surface area contributed by atoms with E-state index in [0.29, 0.717) is 5.92 Å². The van der Waals surface area contributed by atoms with Gasteiger partial charge in [-0.1, -0.05) is 30.7 Å². The summed E-state index contributed by atoms with van der Waals surface area (Å²) in [6.07, 6.45) is 2.27. The monoisotopic (exact) mass is 255 g/mol. The molecule has 0 amide bonds. The molecule has 1 unspecified atom stereocenters. The predicted octanol–water partition coefficient (Wildman–Crippen LogP) is 3.14. The van der Waals surface area contributed by atoms with Gasteiger partial charge in [0.1, 0.15) is 0 Å². The van der Waals surface area contributed by atoms with Gasteiger partial charge in [-0.15, -0.1) is 0 Å². The van der Waals surface area contributed by atoms with Crippen LogP contribution in [0.25, 0.3) is 0 Å². The summed E-state index contributed by atoms with van der Waals surface area (Å²) >= 11 is 5.95. The van der Waals surface area contributed by atoms with Crippen molar-refractivity contribution in [2.75, 3.05) is 26.8 Å². The minimum Gasteiger partial charge on any atom is -0.383 e. The summed E-state index contributed by atoms with van der Waals surface area (Å²) in [6.45, 7) is 5.02. The van der Waals surface area contributed by atoms with Crippen LogP contribution in [0.3, 0.4) is 0 Å². The lowest BCUT2D eigenvalue weighted by Gasteiger charge is -2.12. The second kappa shape index (κ2) is 8.51. The van der Waals surface area contributed by atoms with Crippen LogP contribution in [0.1, 0.15) is 18.9 Å². The maximum atomic E-state index is 5.95. The molecule has 2 nitrogen and oxygen atoms in total. The van der Waals surface area contributed by atoms with Crippen molar-refractivity contribution in [3.63, 3.8) is 0 Å². The van der Waals surface area contributed by atoms with E-state index in [2.05, 4.69) is 18.3 Å². The molecule has 0 aliphatic heterocycles. The average molecular weight is 256 g/mol. The third-order valence-electron chi connectivity index (χ3n) is 2.79. The van der Waals surface area contributed by atoms with Crippen LogP contribution < -0.4 is 5.32 Å². The fourth-order valence-electron chi connectivity index (χ4n) is 1.73. The molecule has 1 atom stereocenters. The number of ether oxygens (including phenoxy) is 1. The number of methoxy groups -OCH3 is 1. The fourth-order valence-corrected chi connectivity index (χ4v) is 1.94. The Morgan fingerprint density at radius 3 is 2.94 bits per heavy atom. The maximum Gasteiger partial charge on any atom is 0.0587 e. The SMILES string of the molecule is COCCNCC(C)CCc1cccc(Cl)c1. The molecule has 0 saturated heterocycles. The van der Waals surface area contributed by atoms with Gasteiger partial charge in [-0.05, 0) is 43.0 Å². The molecule has 1 rings (SSSR count). The summed E-state index contributed by atoms with van der Waals surface area (Å²) in [6, 6.07) is 8.11. The quantitative estimate of drug-likeness (QED) is 0.721. The van der Waals surface area contributed by atoms with Crippen molar-refractivity contribution in [1.29, 1.82) is 0 Å². The number of benzene rings is 1. The molecule has 0 spiro atoms. The topological polar surface area (TPSA) is 21.3 Å². The highest BCUT2D eigenvalue weighted by molar-refractivity contribution is 6.30. The van der Waals surface area contributed by atoms with Gasteiger partial charge in [0.2, 0.25) is 0 Å². The molecule has 0 aliphatic carbocycles. The standard InChI is InChI=1S/C14H22ClNO/c1-12(11-16-8-9-17-2)6-7-13-4-3-5-14(15)10-13/h3-5,10,12,16H,6-9,11H2,1-2H3. The predicted molar refractivity (Wildman–Crippen MR) is 73.7 cm³/mol. The van der Waals surface area contributed by atoms with Crippen LogP contribution in [0.4, 0.5) is 0 Å². The molecule has 0 heterocycles. The van der Waals surface area contributed by atoms with Crippen LogP contribution in [-0.4, -0.2) is 26.8 Å². The Kier molecular flexibility index (Phi) is 7.25. The van der Waals surface area contributed by atoms with E-state index in [1.165, 1.54) is 12.0 Å². The minimum atomic E-state index is 0.672. The fraction of sp³-hybridized carbons (Fsp3) is 0.571. The molecule has 1 aromatic rings. The van der Waals surface area contributed by atoms with Crippen molar-refractivity contribution in [1.82, 2.24) is 5.32 Å². The molecule has 17 heavy (non-hydrogen) atoms. The first-order valence-electron chi connectivity index (χ1n) is 6.16. The van der Waals surface area contributed by atoms with Gasteiger partial charge in [-0.25, -0.2) is 0 Å². The van der Waals surface area contributed by atoms with Gasteiger partial charge >= 0.3 is 0 Å². The summed E-state index contributed by atoms with van der Waals surface area (Å²) in [4.78, 5) is 0. The maximum absolute atomic E-state index is 5.95. The highest BCUT2D eigenvalue weighted by atomic mass is 35.5. The molecular weight excluding hydrogens is 234 g/mol. The van der Waals surface area contributed by atoms with Crippen LogP contribution in [0, 0.1) is 5.92 Å². The first-order chi connectivity index (χ1) is 8.22. The van der Waals surface area contributed by atoms with E-state index in [1.54, 1.807) is 7.11 Å². The van der Waals surface area contributed by atoms with Crippen molar-refractivity contribution in [3.05, 3.63) is 34.9 Å². The van der Waals surface area contributed by atoms with Crippen molar-refractivity contribution in [3.8, 4) is 0 Å². The Hall–Kier alpha value is -0.570. The Bertz CT molecular complexity index is 317. The van der Waals surface area contributed by atoms with E-state index < -0.39 is 0 Å². The summed E-state index contributed by atoms with van der Waals surface area (Å²) in [5.74, 6) is 0.672. The van der Waals surface area contributed by atoms with Crippen molar-refractivity contribution in [2.45, 2.75) is 19.8 Å². The average Bonchev–Trinajstić information content (AvgIpc) is 2.32. The number of hydrogen-bond acceptors (Lipinski definition) is 2. The van der Waals surface area contributed by atoms with Crippen LogP contribution in [0.2, 0.25) is 5.02 Å². The van der Waals surface area contributed by atoms with Crippen LogP contribution in [-0.2, 0) is 11.2 Å². The molecule has 1 N–H and O–H groups in total. The van der Waals surface area contributed by atoms with E-state index in [1.807, 2.05) is 18.2 Å². The van der Waals surface area contributed by atoms with Gasteiger partial charge in [0.05, 0.1) is 6.61 Å². The normalized spacial score (nSPS) is 12.6. The van der Waals surface area contributed by atoms with Crippen LogP contribution in [0.15, 0.2) is 24.3 Å². The highest BCUT2D eigenvalue weighted by Gasteiger charge is 2.02. The van der Waals surface area contributed by atoms with Gasteiger partial charge in [0.25, 0.3) is 0 Å². The number of rotatable bonds is 8. The van der Waals surface area contributed by atoms with Gasteiger partial charge in [0, 0.05) is 18.7 Å². The molecule has 0 fully saturated rings. The van der Waals surface area contributed by atoms with Crippen molar-refractivity contribution < 1.29 is 4.74 Å². The Balaban J connectivity index is 2.17. The minimum absolute atomic E-state index is 0.672. The smallest absolute Gasteiger partial charge is 0.0587 e. The second-order valence-corrected chi connectivity index (χ2v) is 4.91. The van der Waals surface area contributed by atoms with E-state index in [0.717, 1.165) is 31.1 Å². The van der Waals surface area contributed by atoms with Crippen LogP contribution in [0.5, 0.6) is 0 Å². The molecule has 1 aromatic carbocycles. The molecule has 3 heteroatoms. The number of halogens is 1. The lowest BCUT2D eigenvalue weighted by molar-refractivity contribution is 0.198. The zero-order chi connectivity index (χ0) is 12.5. The molecule has 0 aliphatic rings. The first-order valence-corrected chi connectivity index (χ1v) is 6.54. The molecular formula is C14H22ClNO. The van der Waals surface area contributed by atoms with Gasteiger partial charge in [-0.2, -0.15) is 0 Å². The van der Waals surface area contributed by atoms with Gasteiger partial charge in [-0.3, -0.25) is 0 Å². The van der Waals surface area contributed by atoms with Gasteiger partial charge < -0.3 is 10.1 Å². The molecule has 0 radical (unpaired) electrons. The molecule has 0 aromatic heterocycles. The highest BCUT2D eigenvalue weighted by Crippen LogP contribution is 2.14. The lowest BCUT2D eigenvalue weighted by atomic mass is 10.0.